The molecule has 0 radical (unpaired) electrons. The van der Waals surface area contributed by atoms with Gasteiger partial charge in [0.05, 0.1) is 0 Å². The van der Waals surface area contributed by atoms with Crippen molar-refractivity contribution in [2.24, 2.45) is 0 Å². The molecule has 4 rings (SSSR count). The summed E-state index contributed by atoms with van der Waals surface area (Å²) in [5, 5.41) is 8.61. The summed E-state index contributed by atoms with van der Waals surface area (Å²) in [6, 6.07) is 0.639. The molecule has 6 heteroatoms. The normalized spacial score (nSPS) is 21.7. The lowest BCUT2D eigenvalue weighted by Gasteiger charge is -2.34. The molecule has 2 aromatic rings. The number of rotatable bonds is 3. The van der Waals surface area contributed by atoms with Gasteiger partial charge in [0, 0.05) is 36.3 Å². The average Bonchev–Trinajstić information content (AvgIpc) is 3.28. The molecule has 2 aliphatic rings. The van der Waals surface area contributed by atoms with E-state index < -0.39 is 0 Å². The number of nitrogens with zero attached hydrogens (tertiary/aromatic N) is 6. The van der Waals surface area contributed by atoms with Crippen molar-refractivity contribution in [2.45, 2.75) is 58.4 Å². The predicted molar refractivity (Wildman–Crippen MR) is 88.7 cm³/mol. The Morgan fingerprint density at radius 2 is 1.91 bits per heavy atom. The molecule has 0 N–H and O–H groups in total. The van der Waals surface area contributed by atoms with E-state index in [-0.39, 0.29) is 0 Å². The molecule has 0 bridgehead atoms. The minimum atomic E-state index is 0.446. The fourth-order valence-electron chi connectivity index (χ4n) is 3.62. The molecule has 3 heterocycles. The maximum Gasteiger partial charge on any atom is 0.137 e. The lowest BCUT2D eigenvalue weighted by atomic mass is 9.96. The molecule has 1 atom stereocenters. The third-order valence-electron chi connectivity index (χ3n) is 5.10. The molecule has 2 fully saturated rings. The van der Waals surface area contributed by atoms with Gasteiger partial charge in [-0.05, 0) is 46.5 Å². The lowest BCUT2D eigenvalue weighted by Crippen LogP contribution is -2.36. The van der Waals surface area contributed by atoms with Crippen LogP contribution in [-0.2, 0) is 0 Å². The van der Waals surface area contributed by atoms with E-state index in [1.165, 1.54) is 31.2 Å². The maximum absolute atomic E-state index is 4.71. The van der Waals surface area contributed by atoms with E-state index in [4.69, 9.17) is 4.98 Å². The van der Waals surface area contributed by atoms with Gasteiger partial charge in [-0.1, -0.05) is 0 Å². The Morgan fingerprint density at radius 1 is 1.09 bits per heavy atom. The highest BCUT2D eigenvalue weighted by Gasteiger charge is 2.32. The highest BCUT2D eigenvalue weighted by Crippen LogP contribution is 2.38. The molecular formula is C17H24N6. The fraction of sp³-hybridized carbons (Fsp3) is 0.647. The Kier molecular flexibility index (Phi) is 3.54. The van der Waals surface area contributed by atoms with E-state index >= 15 is 0 Å². The van der Waals surface area contributed by atoms with E-state index in [1.54, 1.807) is 0 Å². The van der Waals surface area contributed by atoms with Gasteiger partial charge in [0.1, 0.15) is 23.8 Å². The molecule has 1 saturated carbocycles. The topological polar surface area (TPSA) is 59.7 Å². The molecule has 122 valence electrons. The van der Waals surface area contributed by atoms with E-state index in [2.05, 4.69) is 38.5 Å². The van der Waals surface area contributed by atoms with E-state index in [0.29, 0.717) is 12.0 Å². The van der Waals surface area contributed by atoms with Crippen molar-refractivity contribution in [3.63, 3.8) is 0 Å². The smallest absolute Gasteiger partial charge is 0.137 e. The van der Waals surface area contributed by atoms with Crippen LogP contribution in [0.3, 0.4) is 0 Å². The summed E-state index contributed by atoms with van der Waals surface area (Å²) in [6.07, 6.45) is 6.81. The van der Waals surface area contributed by atoms with Crippen molar-refractivity contribution in [2.75, 3.05) is 18.0 Å². The number of piperidine rings is 1. The predicted octanol–water partition coefficient (Wildman–Crippen LogP) is 2.71. The zero-order chi connectivity index (χ0) is 16.0. The van der Waals surface area contributed by atoms with Crippen LogP contribution in [0.2, 0.25) is 0 Å². The summed E-state index contributed by atoms with van der Waals surface area (Å²) in [5.41, 5.74) is 2.27. The minimum absolute atomic E-state index is 0.446. The highest BCUT2D eigenvalue weighted by atomic mass is 15.3. The van der Waals surface area contributed by atoms with Crippen molar-refractivity contribution in [1.29, 1.82) is 0 Å². The fourth-order valence-corrected chi connectivity index (χ4v) is 3.62. The van der Waals surface area contributed by atoms with Crippen LogP contribution >= 0.6 is 0 Å². The van der Waals surface area contributed by atoms with Crippen LogP contribution in [0.4, 0.5) is 5.82 Å². The van der Waals surface area contributed by atoms with Gasteiger partial charge in [0.15, 0.2) is 0 Å². The highest BCUT2D eigenvalue weighted by molar-refractivity contribution is 5.49. The Labute approximate surface area is 137 Å². The SMILES string of the molecule is Cc1nc(C)c(C)c(N2CCCC(c3nncn3C3CC3)C2)n1. The van der Waals surface area contributed by atoms with E-state index in [9.17, 15) is 0 Å². The Bertz CT molecular complexity index is 718. The molecule has 1 aliphatic carbocycles. The van der Waals surface area contributed by atoms with Crippen molar-refractivity contribution in [1.82, 2.24) is 24.7 Å². The molecule has 2 aromatic heterocycles. The van der Waals surface area contributed by atoms with Crippen molar-refractivity contribution >= 4 is 5.82 Å². The monoisotopic (exact) mass is 312 g/mol. The third-order valence-corrected chi connectivity index (χ3v) is 5.10. The van der Waals surface area contributed by atoms with Gasteiger partial charge in [0.2, 0.25) is 0 Å². The van der Waals surface area contributed by atoms with Crippen LogP contribution in [0.1, 0.15) is 60.5 Å². The first kappa shape index (κ1) is 14.6. The lowest BCUT2D eigenvalue weighted by molar-refractivity contribution is 0.468. The van der Waals surface area contributed by atoms with Gasteiger partial charge in [-0.15, -0.1) is 10.2 Å². The first-order valence-corrected chi connectivity index (χ1v) is 8.59. The second kappa shape index (κ2) is 5.58. The first-order valence-electron chi connectivity index (χ1n) is 8.59. The summed E-state index contributed by atoms with van der Waals surface area (Å²) in [6.45, 7) is 8.20. The molecule has 1 saturated heterocycles. The van der Waals surface area contributed by atoms with Gasteiger partial charge < -0.3 is 9.47 Å². The van der Waals surface area contributed by atoms with Gasteiger partial charge in [0.25, 0.3) is 0 Å². The van der Waals surface area contributed by atoms with Crippen LogP contribution in [-0.4, -0.2) is 37.8 Å². The maximum atomic E-state index is 4.71. The largest absolute Gasteiger partial charge is 0.356 e. The average molecular weight is 312 g/mol. The summed E-state index contributed by atoms with van der Waals surface area (Å²) >= 11 is 0. The number of anilines is 1. The zero-order valence-electron chi connectivity index (χ0n) is 14.2. The standard InChI is InChI=1S/C17H24N6/c1-11-12(2)19-13(3)20-16(11)22-8-4-5-14(9-22)17-21-18-10-23(17)15-6-7-15/h10,14-15H,4-9H2,1-3H3. The second-order valence-corrected chi connectivity index (χ2v) is 6.92. The Balaban J connectivity index is 1.61. The van der Waals surface area contributed by atoms with Crippen LogP contribution < -0.4 is 4.90 Å². The molecular weight excluding hydrogens is 288 g/mol. The second-order valence-electron chi connectivity index (χ2n) is 6.92. The van der Waals surface area contributed by atoms with Gasteiger partial charge in [-0.2, -0.15) is 0 Å². The van der Waals surface area contributed by atoms with Crippen LogP contribution in [0.15, 0.2) is 6.33 Å². The molecule has 6 nitrogen and oxygen atoms in total. The van der Waals surface area contributed by atoms with Crippen LogP contribution in [0.25, 0.3) is 0 Å². The van der Waals surface area contributed by atoms with Gasteiger partial charge >= 0.3 is 0 Å². The molecule has 0 aromatic carbocycles. The minimum Gasteiger partial charge on any atom is -0.356 e. The summed E-state index contributed by atoms with van der Waals surface area (Å²) in [5.74, 6) is 3.56. The Hall–Kier alpha value is -1.98. The molecule has 23 heavy (non-hydrogen) atoms. The molecule has 0 amide bonds. The quantitative estimate of drug-likeness (QED) is 0.872. The Morgan fingerprint density at radius 3 is 2.70 bits per heavy atom. The number of aromatic nitrogens is 5. The van der Waals surface area contributed by atoms with Gasteiger partial charge in [-0.25, -0.2) is 9.97 Å². The summed E-state index contributed by atoms with van der Waals surface area (Å²) in [4.78, 5) is 11.6. The van der Waals surface area contributed by atoms with Crippen molar-refractivity contribution < 1.29 is 0 Å². The van der Waals surface area contributed by atoms with E-state index in [0.717, 1.165) is 36.3 Å². The van der Waals surface area contributed by atoms with Crippen LogP contribution in [0, 0.1) is 20.8 Å². The number of hydrogen-bond donors (Lipinski definition) is 0. The first-order chi connectivity index (χ1) is 11.1. The van der Waals surface area contributed by atoms with Crippen LogP contribution in [0.5, 0.6) is 0 Å². The van der Waals surface area contributed by atoms with Crippen molar-refractivity contribution in [3.8, 4) is 0 Å². The number of hydrogen-bond acceptors (Lipinski definition) is 5. The summed E-state index contributed by atoms with van der Waals surface area (Å²) < 4.78 is 2.30. The molecule has 1 aliphatic heterocycles. The summed E-state index contributed by atoms with van der Waals surface area (Å²) in [7, 11) is 0. The number of aryl methyl sites for hydroxylation is 2. The van der Waals surface area contributed by atoms with E-state index in [1.807, 2.05) is 13.3 Å². The molecule has 0 spiro atoms. The third kappa shape index (κ3) is 2.71. The zero-order valence-corrected chi connectivity index (χ0v) is 14.2. The van der Waals surface area contributed by atoms with Crippen molar-refractivity contribution in [3.05, 3.63) is 29.2 Å². The van der Waals surface area contributed by atoms with Gasteiger partial charge in [-0.3, -0.25) is 0 Å². The molecule has 1 unspecified atom stereocenters.